The number of hydrogen-bond donors (Lipinski definition) is 2. The maximum atomic E-state index is 5.51. The summed E-state index contributed by atoms with van der Waals surface area (Å²) in [6, 6.07) is 4.04. The van der Waals surface area contributed by atoms with Gasteiger partial charge in [-0.25, -0.2) is 0 Å². The molecule has 0 fully saturated rings. The van der Waals surface area contributed by atoms with Crippen molar-refractivity contribution in [1.82, 2.24) is 10.4 Å². The van der Waals surface area contributed by atoms with Crippen LogP contribution in [0, 0.1) is 0 Å². The lowest BCUT2D eigenvalue weighted by atomic mass is 10.1. The predicted octanol–water partition coefficient (Wildman–Crippen LogP) is 1.64. The zero-order chi connectivity index (χ0) is 12.0. The van der Waals surface area contributed by atoms with Gasteiger partial charge >= 0.3 is 0 Å². The van der Waals surface area contributed by atoms with Gasteiger partial charge in [0, 0.05) is 28.8 Å². The Balaban J connectivity index is 2.46. The Labute approximate surface area is 105 Å². The lowest BCUT2D eigenvalue weighted by Crippen LogP contribution is -2.41. The molecule has 0 radical (unpaired) electrons. The van der Waals surface area contributed by atoms with Crippen molar-refractivity contribution in [3.8, 4) is 0 Å². The van der Waals surface area contributed by atoms with Crippen LogP contribution in [0.25, 0.3) is 0 Å². The van der Waals surface area contributed by atoms with E-state index in [0.717, 1.165) is 16.6 Å². The summed E-state index contributed by atoms with van der Waals surface area (Å²) in [5.41, 5.74) is 3.74. The molecule has 3 N–H and O–H groups in total. The van der Waals surface area contributed by atoms with Crippen LogP contribution in [0.4, 0.5) is 0 Å². The van der Waals surface area contributed by atoms with E-state index in [9.17, 15) is 0 Å². The molecule has 0 aliphatic carbocycles. The van der Waals surface area contributed by atoms with Crippen molar-refractivity contribution in [1.29, 1.82) is 0 Å². The summed E-state index contributed by atoms with van der Waals surface area (Å²) < 4.78 is 6.49. The zero-order valence-electron chi connectivity index (χ0n) is 9.61. The van der Waals surface area contributed by atoms with E-state index in [1.807, 2.05) is 26.0 Å². The first kappa shape index (κ1) is 13.6. The van der Waals surface area contributed by atoms with Gasteiger partial charge in [0.1, 0.15) is 0 Å². The summed E-state index contributed by atoms with van der Waals surface area (Å²) in [7, 11) is 0. The molecule has 16 heavy (non-hydrogen) atoms. The quantitative estimate of drug-likeness (QED) is 0.617. The van der Waals surface area contributed by atoms with Gasteiger partial charge in [0.25, 0.3) is 0 Å². The molecule has 0 aliphatic heterocycles. The van der Waals surface area contributed by atoms with Crippen molar-refractivity contribution in [2.75, 3.05) is 6.61 Å². The monoisotopic (exact) mass is 287 g/mol. The maximum Gasteiger partial charge on any atom is 0.0640 e. The first-order valence-electron chi connectivity index (χ1n) is 5.30. The van der Waals surface area contributed by atoms with Gasteiger partial charge in [0.05, 0.1) is 12.7 Å². The normalized spacial score (nSPS) is 13.1. The van der Waals surface area contributed by atoms with Crippen LogP contribution in [-0.4, -0.2) is 23.7 Å². The molecule has 1 heterocycles. The third-order valence-corrected chi connectivity index (χ3v) is 2.58. The lowest BCUT2D eigenvalue weighted by Gasteiger charge is -2.17. The van der Waals surface area contributed by atoms with E-state index in [-0.39, 0.29) is 12.1 Å². The second kappa shape index (κ2) is 6.96. The Morgan fingerprint density at radius 3 is 2.75 bits per heavy atom. The second-order valence-corrected chi connectivity index (χ2v) is 4.83. The van der Waals surface area contributed by atoms with Gasteiger partial charge in [-0.05, 0) is 41.9 Å². The van der Waals surface area contributed by atoms with Crippen LogP contribution in [-0.2, 0) is 11.2 Å². The van der Waals surface area contributed by atoms with E-state index in [2.05, 4.69) is 26.3 Å². The molecule has 1 rings (SSSR count). The lowest BCUT2D eigenvalue weighted by molar-refractivity contribution is 0.0611. The van der Waals surface area contributed by atoms with Gasteiger partial charge in [-0.1, -0.05) is 0 Å². The number of nitrogens with two attached hydrogens (primary N) is 1. The predicted molar refractivity (Wildman–Crippen MR) is 67.8 cm³/mol. The van der Waals surface area contributed by atoms with Gasteiger partial charge in [-0.3, -0.25) is 16.3 Å². The molecule has 1 aromatic heterocycles. The number of hydrazine groups is 1. The van der Waals surface area contributed by atoms with E-state index in [4.69, 9.17) is 10.6 Å². The molecule has 5 heteroatoms. The van der Waals surface area contributed by atoms with Gasteiger partial charge in [-0.2, -0.15) is 0 Å². The summed E-state index contributed by atoms with van der Waals surface area (Å²) in [4.78, 5) is 4.30. The molecule has 0 aliphatic rings. The fourth-order valence-electron chi connectivity index (χ4n) is 1.25. The van der Waals surface area contributed by atoms with Gasteiger partial charge in [0.15, 0.2) is 0 Å². The number of aromatic nitrogens is 1. The summed E-state index contributed by atoms with van der Waals surface area (Å²) in [6.45, 7) is 4.60. The maximum absolute atomic E-state index is 5.51. The van der Waals surface area contributed by atoms with Gasteiger partial charge in [-0.15, -0.1) is 0 Å². The number of halogens is 1. The molecule has 4 nitrogen and oxygen atoms in total. The van der Waals surface area contributed by atoms with Crippen LogP contribution in [0.5, 0.6) is 0 Å². The highest BCUT2D eigenvalue weighted by molar-refractivity contribution is 9.10. The first-order chi connectivity index (χ1) is 7.61. The van der Waals surface area contributed by atoms with E-state index in [0.29, 0.717) is 6.61 Å². The second-order valence-electron chi connectivity index (χ2n) is 3.92. The van der Waals surface area contributed by atoms with Gasteiger partial charge in [0.2, 0.25) is 0 Å². The largest absolute Gasteiger partial charge is 0.377 e. The fourth-order valence-corrected chi connectivity index (χ4v) is 1.49. The van der Waals surface area contributed by atoms with Crippen molar-refractivity contribution in [2.45, 2.75) is 32.4 Å². The molecule has 90 valence electrons. The number of nitrogens with one attached hydrogen (secondary N) is 1. The summed E-state index contributed by atoms with van der Waals surface area (Å²) in [5, 5.41) is 0. The minimum Gasteiger partial charge on any atom is -0.377 e. The Morgan fingerprint density at radius 1 is 1.50 bits per heavy atom. The summed E-state index contributed by atoms with van der Waals surface area (Å²) >= 11 is 3.35. The van der Waals surface area contributed by atoms with Crippen LogP contribution < -0.4 is 11.3 Å². The Hall–Kier alpha value is -0.490. The average molecular weight is 288 g/mol. The molecule has 0 bridgehead atoms. The molecule has 0 spiro atoms. The van der Waals surface area contributed by atoms with Crippen LogP contribution >= 0.6 is 15.9 Å². The fraction of sp³-hybridized carbons (Fsp3) is 0.545. The van der Waals surface area contributed by atoms with Crippen LogP contribution in [0.2, 0.25) is 0 Å². The Kier molecular flexibility index (Phi) is 5.90. The topological polar surface area (TPSA) is 60.2 Å². The zero-order valence-corrected chi connectivity index (χ0v) is 11.2. The molecular weight excluding hydrogens is 270 g/mol. The molecule has 0 saturated carbocycles. The molecule has 0 saturated heterocycles. The number of pyridine rings is 1. The number of rotatable bonds is 6. The molecular formula is C11H18BrN3O. The highest BCUT2D eigenvalue weighted by Crippen LogP contribution is 2.09. The molecule has 1 atom stereocenters. The van der Waals surface area contributed by atoms with E-state index in [1.54, 1.807) is 6.20 Å². The van der Waals surface area contributed by atoms with Crippen LogP contribution in [0.1, 0.15) is 19.5 Å². The van der Waals surface area contributed by atoms with Crippen molar-refractivity contribution >= 4 is 15.9 Å². The smallest absolute Gasteiger partial charge is 0.0640 e. The van der Waals surface area contributed by atoms with E-state index in [1.165, 1.54) is 0 Å². The summed E-state index contributed by atoms with van der Waals surface area (Å²) in [5.74, 6) is 5.47. The minimum absolute atomic E-state index is 0.0936. The third-order valence-electron chi connectivity index (χ3n) is 2.11. The van der Waals surface area contributed by atoms with Crippen molar-refractivity contribution in [2.24, 2.45) is 5.84 Å². The number of ether oxygens (including phenoxy) is 1. The summed E-state index contributed by atoms with van der Waals surface area (Å²) in [6.07, 6.45) is 2.76. The standard InChI is InChI=1S/C11H18BrN3O/c1-8(2)16-7-11(15-13)5-10-4-3-9(12)6-14-10/h3-4,6,8,11,15H,5,7,13H2,1-2H3. The highest BCUT2D eigenvalue weighted by Gasteiger charge is 2.09. The third kappa shape index (κ3) is 5.03. The Morgan fingerprint density at radius 2 is 2.25 bits per heavy atom. The van der Waals surface area contributed by atoms with Crippen LogP contribution in [0.3, 0.4) is 0 Å². The van der Waals surface area contributed by atoms with Crippen molar-refractivity contribution in [3.63, 3.8) is 0 Å². The molecule has 1 aromatic rings. The highest BCUT2D eigenvalue weighted by atomic mass is 79.9. The molecule has 0 aromatic carbocycles. The van der Waals surface area contributed by atoms with Crippen molar-refractivity contribution in [3.05, 3.63) is 28.5 Å². The van der Waals surface area contributed by atoms with Crippen LogP contribution in [0.15, 0.2) is 22.8 Å². The average Bonchev–Trinajstić information content (AvgIpc) is 2.26. The number of nitrogens with zero attached hydrogens (tertiary/aromatic N) is 1. The van der Waals surface area contributed by atoms with E-state index >= 15 is 0 Å². The number of hydrogen-bond acceptors (Lipinski definition) is 4. The first-order valence-corrected chi connectivity index (χ1v) is 6.09. The van der Waals surface area contributed by atoms with Crippen molar-refractivity contribution < 1.29 is 4.74 Å². The van der Waals surface area contributed by atoms with Gasteiger partial charge < -0.3 is 4.74 Å². The molecule has 0 amide bonds. The Bertz CT molecular complexity index is 303. The minimum atomic E-state index is 0.0936. The molecule has 1 unspecified atom stereocenters. The van der Waals surface area contributed by atoms with E-state index < -0.39 is 0 Å². The SMILES string of the molecule is CC(C)OCC(Cc1ccc(Br)cn1)NN.